The number of carbonyl (C=O) groups excluding carboxylic acids is 2. The van der Waals surface area contributed by atoms with Crippen molar-refractivity contribution in [3.63, 3.8) is 0 Å². The molecule has 2 amide bonds. The maximum atomic E-state index is 13.1. The lowest BCUT2D eigenvalue weighted by Crippen LogP contribution is -2.49. The summed E-state index contributed by atoms with van der Waals surface area (Å²) in [7, 11) is 0. The molecule has 2 heterocycles. The zero-order chi connectivity index (χ0) is 22.3. The third kappa shape index (κ3) is 5.49. The highest BCUT2D eigenvalue weighted by Gasteiger charge is 2.34. The summed E-state index contributed by atoms with van der Waals surface area (Å²) in [5, 5.41) is 3.82. The maximum Gasteiger partial charge on any atom is 0.242 e. The zero-order valence-corrected chi connectivity index (χ0v) is 19.0. The highest BCUT2D eigenvalue weighted by molar-refractivity contribution is 6.31. The Morgan fingerprint density at radius 3 is 2.50 bits per heavy atom. The number of carbonyl (C=O) groups is 2. The number of ether oxygens (including phenoxy) is 1. The van der Waals surface area contributed by atoms with E-state index in [1.807, 2.05) is 54.6 Å². The van der Waals surface area contributed by atoms with Gasteiger partial charge in [-0.05, 0) is 30.0 Å². The minimum atomic E-state index is -0.414. The summed E-state index contributed by atoms with van der Waals surface area (Å²) < 4.78 is 5.51. The number of benzene rings is 2. The van der Waals surface area contributed by atoms with E-state index in [1.54, 1.807) is 4.90 Å². The lowest BCUT2D eigenvalue weighted by atomic mass is 10.0. The summed E-state index contributed by atoms with van der Waals surface area (Å²) in [6.45, 7) is 3.98. The number of nitrogens with zero attached hydrogens (tertiary/aromatic N) is 2. The van der Waals surface area contributed by atoms with Crippen molar-refractivity contribution < 1.29 is 14.3 Å². The monoisotopic (exact) mass is 455 g/mol. The lowest BCUT2D eigenvalue weighted by molar-refractivity contribution is -0.138. The largest absolute Gasteiger partial charge is 0.379 e. The molecule has 0 radical (unpaired) electrons. The molecule has 0 aromatic heterocycles. The maximum absolute atomic E-state index is 13.1. The van der Waals surface area contributed by atoms with E-state index in [0.717, 1.165) is 30.6 Å². The molecule has 0 saturated carbocycles. The average Bonchev–Trinajstić information content (AvgIpc) is 3.32. The van der Waals surface area contributed by atoms with E-state index >= 15 is 0 Å². The van der Waals surface area contributed by atoms with Crippen LogP contribution in [0.1, 0.15) is 30.0 Å². The van der Waals surface area contributed by atoms with Gasteiger partial charge < -0.3 is 15.0 Å². The number of likely N-dealkylation sites (tertiary alicyclic amines) is 1. The van der Waals surface area contributed by atoms with Crippen LogP contribution in [0.15, 0.2) is 54.6 Å². The molecule has 0 bridgehead atoms. The number of amides is 2. The molecule has 2 aromatic rings. The molecule has 4 rings (SSSR count). The smallest absolute Gasteiger partial charge is 0.242 e. The van der Waals surface area contributed by atoms with Crippen LogP contribution in [-0.2, 0) is 20.7 Å². The summed E-state index contributed by atoms with van der Waals surface area (Å²) in [6, 6.07) is 17.0. The van der Waals surface area contributed by atoms with Gasteiger partial charge in [0.05, 0.1) is 25.7 Å². The van der Waals surface area contributed by atoms with Crippen molar-refractivity contribution in [2.75, 3.05) is 39.4 Å². The Morgan fingerprint density at radius 1 is 1.03 bits per heavy atom. The third-order valence-corrected chi connectivity index (χ3v) is 6.64. The van der Waals surface area contributed by atoms with Crippen molar-refractivity contribution in [2.24, 2.45) is 0 Å². The first kappa shape index (κ1) is 22.8. The molecule has 2 atom stereocenters. The van der Waals surface area contributed by atoms with Gasteiger partial charge in [0.1, 0.15) is 6.04 Å². The number of hydrogen-bond donors (Lipinski definition) is 1. The van der Waals surface area contributed by atoms with Gasteiger partial charge in [0, 0.05) is 31.2 Å². The van der Waals surface area contributed by atoms with E-state index in [4.69, 9.17) is 16.3 Å². The van der Waals surface area contributed by atoms with E-state index in [9.17, 15) is 9.59 Å². The zero-order valence-electron chi connectivity index (χ0n) is 18.2. The van der Waals surface area contributed by atoms with Crippen molar-refractivity contribution in [2.45, 2.75) is 31.3 Å². The third-order valence-electron chi connectivity index (χ3n) is 6.29. The fourth-order valence-electron chi connectivity index (χ4n) is 4.60. The molecule has 0 aliphatic carbocycles. The molecule has 0 spiro atoms. The van der Waals surface area contributed by atoms with Gasteiger partial charge in [0.15, 0.2) is 0 Å². The molecule has 7 heteroatoms. The SMILES string of the molecule is O=C(NCC(c1ccccc1Cl)N1CCOCC1)C1CCCN1C(=O)Cc1ccccc1. The second kappa shape index (κ2) is 10.9. The number of rotatable bonds is 7. The highest BCUT2D eigenvalue weighted by atomic mass is 35.5. The Kier molecular flexibility index (Phi) is 7.79. The van der Waals surface area contributed by atoms with Crippen LogP contribution in [0.25, 0.3) is 0 Å². The van der Waals surface area contributed by atoms with Crippen molar-refractivity contribution in [1.29, 1.82) is 0 Å². The van der Waals surface area contributed by atoms with E-state index in [1.165, 1.54) is 0 Å². The van der Waals surface area contributed by atoms with Gasteiger partial charge in [-0.2, -0.15) is 0 Å². The standard InChI is InChI=1S/C25H30ClN3O3/c26-21-10-5-4-9-20(21)23(28-13-15-32-16-14-28)18-27-25(31)22-11-6-12-29(22)24(30)17-19-7-2-1-3-8-19/h1-5,7-10,22-23H,6,11-18H2,(H,27,31). The van der Waals surface area contributed by atoms with Gasteiger partial charge in [0.25, 0.3) is 0 Å². The van der Waals surface area contributed by atoms with Gasteiger partial charge in [0.2, 0.25) is 11.8 Å². The van der Waals surface area contributed by atoms with Crippen molar-refractivity contribution in [1.82, 2.24) is 15.1 Å². The first-order chi connectivity index (χ1) is 15.6. The van der Waals surface area contributed by atoms with Crippen LogP contribution < -0.4 is 5.32 Å². The van der Waals surface area contributed by atoms with Crippen molar-refractivity contribution in [3.8, 4) is 0 Å². The average molecular weight is 456 g/mol. The van der Waals surface area contributed by atoms with Gasteiger partial charge in [-0.15, -0.1) is 0 Å². The molecular weight excluding hydrogens is 426 g/mol. The molecule has 1 N–H and O–H groups in total. The molecule has 2 saturated heterocycles. The highest BCUT2D eigenvalue weighted by Crippen LogP contribution is 2.28. The van der Waals surface area contributed by atoms with Crippen molar-refractivity contribution >= 4 is 23.4 Å². The van der Waals surface area contributed by atoms with Crippen LogP contribution >= 0.6 is 11.6 Å². The fraction of sp³-hybridized carbons (Fsp3) is 0.440. The fourth-order valence-corrected chi connectivity index (χ4v) is 4.86. The lowest BCUT2D eigenvalue weighted by Gasteiger charge is -2.35. The second-order valence-electron chi connectivity index (χ2n) is 8.34. The Labute approximate surface area is 194 Å². The molecule has 6 nitrogen and oxygen atoms in total. The molecule has 2 unspecified atom stereocenters. The Morgan fingerprint density at radius 2 is 1.75 bits per heavy atom. The van der Waals surface area contributed by atoms with E-state index in [0.29, 0.717) is 44.2 Å². The van der Waals surface area contributed by atoms with Crippen LogP contribution in [0, 0.1) is 0 Å². The molecule has 2 aliphatic rings. The quantitative estimate of drug-likeness (QED) is 0.697. The van der Waals surface area contributed by atoms with Gasteiger partial charge in [-0.3, -0.25) is 14.5 Å². The number of morpholine rings is 1. The van der Waals surface area contributed by atoms with E-state index in [2.05, 4.69) is 10.2 Å². The summed E-state index contributed by atoms with van der Waals surface area (Å²) in [5.74, 6) is -0.0843. The minimum Gasteiger partial charge on any atom is -0.379 e. The molecule has 32 heavy (non-hydrogen) atoms. The molecular formula is C25H30ClN3O3. The molecule has 2 aliphatic heterocycles. The predicted octanol–water partition coefficient (Wildman–Crippen LogP) is 3.06. The topological polar surface area (TPSA) is 61.9 Å². The van der Waals surface area contributed by atoms with Gasteiger partial charge in [-0.25, -0.2) is 0 Å². The van der Waals surface area contributed by atoms with Crippen LogP contribution in [0.5, 0.6) is 0 Å². The van der Waals surface area contributed by atoms with Gasteiger partial charge in [-0.1, -0.05) is 60.1 Å². The summed E-state index contributed by atoms with van der Waals surface area (Å²) in [4.78, 5) is 30.1. The predicted molar refractivity (Wildman–Crippen MR) is 124 cm³/mol. The van der Waals surface area contributed by atoms with Crippen LogP contribution in [0.2, 0.25) is 5.02 Å². The van der Waals surface area contributed by atoms with E-state index in [-0.39, 0.29) is 17.9 Å². The Hall–Kier alpha value is -2.41. The summed E-state index contributed by atoms with van der Waals surface area (Å²) in [5.41, 5.74) is 1.97. The van der Waals surface area contributed by atoms with E-state index < -0.39 is 6.04 Å². The first-order valence-electron chi connectivity index (χ1n) is 11.3. The minimum absolute atomic E-state index is 0.00434. The van der Waals surface area contributed by atoms with Crippen LogP contribution in [0.4, 0.5) is 0 Å². The Bertz CT molecular complexity index is 918. The molecule has 2 fully saturated rings. The number of hydrogen-bond acceptors (Lipinski definition) is 4. The second-order valence-corrected chi connectivity index (χ2v) is 8.75. The number of halogens is 1. The van der Waals surface area contributed by atoms with Crippen LogP contribution in [-0.4, -0.2) is 67.0 Å². The number of nitrogens with one attached hydrogen (secondary N) is 1. The molecule has 170 valence electrons. The molecule has 2 aromatic carbocycles. The summed E-state index contributed by atoms with van der Waals surface area (Å²) >= 11 is 6.50. The van der Waals surface area contributed by atoms with Gasteiger partial charge >= 0.3 is 0 Å². The van der Waals surface area contributed by atoms with Crippen LogP contribution in [0.3, 0.4) is 0 Å². The normalized spacial score (nSPS) is 20.2. The first-order valence-corrected chi connectivity index (χ1v) is 11.7. The Balaban J connectivity index is 1.41. The summed E-state index contributed by atoms with van der Waals surface area (Å²) in [6.07, 6.45) is 1.86. The van der Waals surface area contributed by atoms with Crippen molar-refractivity contribution in [3.05, 3.63) is 70.7 Å².